The third kappa shape index (κ3) is 1.73. The lowest BCUT2D eigenvalue weighted by atomic mass is 10.1. The van der Waals surface area contributed by atoms with Crippen molar-refractivity contribution in [1.82, 2.24) is 0 Å². The van der Waals surface area contributed by atoms with Crippen molar-refractivity contribution >= 4 is 30.1 Å². The molecule has 0 saturated carbocycles. The maximum absolute atomic E-state index is 10.8. The fourth-order valence-electron chi connectivity index (χ4n) is 0.864. The molecule has 0 radical (unpaired) electrons. The lowest BCUT2D eigenvalue weighted by molar-refractivity contribution is 0.0997. The molecule has 1 amide bonds. The summed E-state index contributed by atoms with van der Waals surface area (Å²) in [6.45, 7) is 1.84. The second-order valence-electron chi connectivity index (χ2n) is 2.48. The van der Waals surface area contributed by atoms with Gasteiger partial charge in [0.2, 0.25) is 5.91 Å². The van der Waals surface area contributed by atoms with Crippen molar-refractivity contribution in [1.29, 1.82) is 0 Å². The molecule has 12 heavy (non-hydrogen) atoms. The number of nitrogens with two attached hydrogens (primary N) is 1. The average Bonchev–Trinajstić information content (AvgIpc) is 1.96. The van der Waals surface area contributed by atoms with Crippen LogP contribution in [0, 0.1) is 6.92 Å². The van der Waals surface area contributed by atoms with Crippen LogP contribution in [0.2, 0.25) is 5.02 Å². The van der Waals surface area contributed by atoms with Gasteiger partial charge < -0.3 is 5.73 Å². The molecule has 0 bridgehead atoms. The minimum Gasteiger partial charge on any atom is -0.366 e. The molecule has 0 unspecified atom stereocenters. The maximum atomic E-state index is 10.8. The highest BCUT2D eigenvalue weighted by Crippen LogP contribution is 2.22. The van der Waals surface area contributed by atoms with Crippen LogP contribution < -0.4 is 5.73 Å². The van der Waals surface area contributed by atoms with Crippen LogP contribution in [0.5, 0.6) is 0 Å². The Hall–Kier alpha value is -0.670. The molecule has 64 valence electrons. The van der Waals surface area contributed by atoms with Gasteiger partial charge >= 0.3 is 0 Å². The lowest BCUT2D eigenvalue weighted by Crippen LogP contribution is -2.11. The van der Waals surface area contributed by atoms with Crippen LogP contribution >= 0.6 is 24.2 Å². The van der Waals surface area contributed by atoms with Gasteiger partial charge in [0.15, 0.2) is 0 Å². The molecular weight excluding hydrogens is 194 g/mol. The highest BCUT2D eigenvalue weighted by molar-refractivity contribution is 7.80. The van der Waals surface area contributed by atoms with Crippen LogP contribution in [0.1, 0.15) is 15.9 Å². The van der Waals surface area contributed by atoms with Crippen molar-refractivity contribution in [2.45, 2.75) is 11.8 Å². The van der Waals surface area contributed by atoms with Crippen molar-refractivity contribution < 1.29 is 4.79 Å². The van der Waals surface area contributed by atoms with E-state index in [1.165, 1.54) is 6.07 Å². The molecule has 2 N–H and O–H groups in total. The second kappa shape index (κ2) is 3.37. The number of rotatable bonds is 1. The smallest absolute Gasteiger partial charge is 0.249 e. The fourth-order valence-corrected chi connectivity index (χ4v) is 1.40. The number of primary amides is 1. The number of amides is 1. The number of thiol groups is 1. The Bertz CT molecular complexity index is 338. The molecule has 0 aliphatic carbocycles. The lowest BCUT2D eigenvalue weighted by Gasteiger charge is -2.03. The van der Waals surface area contributed by atoms with E-state index in [4.69, 9.17) is 17.3 Å². The van der Waals surface area contributed by atoms with Gasteiger partial charge in [-0.25, -0.2) is 0 Å². The molecule has 0 aliphatic rings. The Kier molecular flexibility index (Phi) is 2.65. The number of benzene rings is 1. The van der Waals surface area contributed by atoms with Crippen molar-refractivity contribution in [3.63, 3.8) is 0 Å². The van der Waals surface area contributed by atoms with Gasteiger partial charge in [0.25, 0.3) is 0 Å². The Balaban J connectivity index is 3.33. The van der Waals surface area contributed by atoms with Gasteiger partial charge in [-0.3, -0.25) is 4.79 Å². The standard InChI is InChI=1S/C8H8ClNOS/c1-4-2-7(12)5(8(10)11)3-6(4)9/h2-3,12H,1H3,(H2,10,11). The zero-order chi connectivity index (χ0) is 9.30. The normalized spacial score (nSPS) is 9.92. The van der Waals surface area contributed by atoms with Crippen LogP contribution in [0.25, 0.3) is 0 Å². The summed E-state index contributed by atoms with van der Waals surface area (Å²) in [6, 6.07) is 3.24. The highest BCUT2D eigenvalue weighted by Gasteiger charge is 2.07. The summed E-state index contributed by atoms with van der Waals surface area (Å²) in [6.07, 6.45) is 0. The number of halogens is 1. The first-order valence-electron chi connectivity index (χ1n) is 3.31. The average molecular weight is 202 g/mol. The Morgan fingerprint density at radius 1 is 1.58 bits per heavy atom. The van der Waals surface area contributed by atoms with Gasteiger partial charge in [0.05, 0.1) is 5.56 Å². The fraction of sp³-hybridized carbons (Fsp3) is 0.125. The Morgan fingerprint density at radius 2 is 2.17 bits per heavy atom. The number of aryl methyl sites for hydroxylation is 1. The molecule has 1 rings (SSSR count). The monoisotopic (exact) mass is 201 g/mol. The number of hydrogen-bond acceptors (Lipinski definition) is 2. The van der Waals surface area contributed by atoms with Gasteiger partial charge in [0, 0.05) is 9.92 Å². The largest absolute Gasteiger partial charge is 0.366 e. The number of hydrogen-bond donors (Lipinski definition) is 2. The molecule has 0 aromatic heterocycles. The first-order valence-corrected chi connectivity index (χ1v) is 4.14. The van der Waals surface area contributed by atoms with Crippen LogP contribution in [0.15, 0.2) is 17.0 Å². The van der Waals surface area contributed by atoms with Crippen molar-refractivity contribution in [3.8, 4) is 0 Å². The summed E-state index contributed by atoms with van der Waals surface area (Å²) in [5, 5.41) is 0.529. The third-order valence-corrected chi connectivity index (χ3v) is 2.32. The SMILES string of the molecule is Cc1cc(S)c(C(N)=O)cc1Cl. The van der Waals surface area contributed by atoms with Gasteiger partial charge in [-0.15, -0.1) is 12.6 Å². The summed E-state index contributed by atoms with van der Waals surface area (Å²) < 4.78 is 0. The molecule has 1 aromatic rings. The summed E-state index contributed by atoms with van der Waals surface area (Å²) in [5.41, 5.74) is 6.32. The van der Waals surface area contributed by atoms with Crippen molar-refractivity contribution in [2.75, 3.05) is 0 Å². The zero-order valence-electron chi connectivity index (χ0n) is 6.47. The summed E-state index contributed by atoms with van der Waals surface area (Å²) in [7, 11) is 0. The van der Waals surface area contributed by atoms with Crippen LogP contribution in [0.3, 0.4) is 0 Å². The van der Waals surface area contributed by atoms with Crippen molar-refractivity contribution in [3.05, 3.63) is 28.3 Å². The summed E-state index contributed by atoms with van der Waals surface area (Å²) in [4.78, 5) is 11.4. The van der Waals surface area contributed by atoms with E-state index >= 15 is 0 Å². The first-order chi connectivity index (χ1) is 5.52. The predicted molar refractivity (Wildman–Crippen MR) is 52.0 cm³/mol. The minimum atomic E-state index is -0.512. The van der Waals surface area contributed by atoms with E-state index in [1.807, 2.05) is 6.92 Å². The molecule has 4 heteroatoms. The first kappa shape index (κ1) is 9.42. The molecule has 0 saturated heterocycles. The molecule has 2 nitrogen and oxygen atoms in total. The molecular formula is C8H8ClNOS. The second-order valence-corrected chi connectivity index (χ2v) is 3.37. The predicted octanol–water partition coefficient (Wildman–Crippen LogP) is 2.04. The van der Waals surface area contributed by atoms with E-state index in [0.717, 1.165) is 5.56 Å². The molecule has 0 heterocycles. The molecule has 0 atom stereocenters. The van der Waals surface area contributed by atoms with E-state index in [0.29, 0.717) is 15.5 Å². The van der Waals surface area contributed by atoms with Crippen LogP contribution in [0.4, 0.5) is 0 Å². The van der Waals surface area contributed by atoms with E-state index in [9.17, 15) is 4.79 Å². The molecule has 0 aliphatic heterocycles. The van der Waals surface area contributed by atoms with E-state index in [-0.39, 0.29) is 0 Å². The van der Waals surface area contributed by atoms with Crippen LogP contribution in [-0.4, -0.2) is 5.91 Å². The van der Waals surface area contributed by atoms with Gasteiger partial charge in [-0.1, -0.05) is 11.6 Å². The minimum absolute atomic E-state index is 0.355. The topological polar surface area (TPSA) is 43.1 Å². The highest BCUT2D eigenvalue weighted by atomic mass is 35.5. The summed E-state index contributed by atoms with van der Waals surface area (Å²) in [5.74, 6) is -0.512. The van der Waals surface area contributed by atoms with Gasteiger partial charge in [0.1, 0.15) is 0 Å². The van der Waals surface area contributed by atoms with Crippen LogP contribution in [-0.2, 0) is 0 Å². The third-order valence-electron chi connectivity index (χ3n) is 1.54. The summed E-state index contributed by atoms with van der Waals surface area (Å²) >= 11 is 9.88. The molecule has 1 aromatic carbocycles. The quantitative estimate of drug-likeness (QED) is 0.671. The molecule has 0 fully saturated rings. The Morgan fingerprint density at radius 3 is 2.67 bits per heavy atom. The van der Waals surface area contributed by atoms with E-state index in [1.54, 1.807) is 6.07 Å². The zero-order valence-corrected chi connectivity index (χ0v) is 8.12. The number of carbonyl (C=O) groups is 1. The van der Waals surface area contributed by atoms with Crippen molar-refractivity contribution in [2.24, 2.45) is 5.73 Å². The number of carbonyl (C=O) groups excluding carboxylic acids is 1. The van der Waals surface area contributed by atoms with E-state index in [2.05, 4.69) is 12.6 Å². The molecule has 0 spiro atoms. The van der Waals surface area contributed by atoms with E-state index < -0.39 is 5.91 Å². The maximum Gasteiger partial charge on any atom is 0.249 e. The van der Waals surface area contributed by atoms with Gasteiger partial charge in [-0.05, 0) is 24.6 Å². The van der Waals surface area contributed by atoms with Gasteiger partial charge in [-0.2, -0.15) is 0 Å². The Labute approximate surface area is 81.1 Å².